The molecular formula is C11H20O3. The van der Waals surface area contributed by atoms with E-state index in [1.807, 2.05) is 0 Å². The number of aliphatic hydroxyl groups is 1. The Morgan fingerprint density at radius 2 is 1.86 bits per heavy atom. The molecule has 0 saturated heterocycles. The Balaban J connectivity index is 2.67. The van der Waals surface area contributed by atoms with E-state index in [0.29, 0.717) is 18.8 Å². The van der Waals surface area contributed by atoms with Gasteiger partial charge in [0.15, 0.2) is 0 Å². The van der Waals surface area contributed by atoms with E-state index in [4.69, 9.17) is 5.11 Å². The van der Waals surface area contributed by atoms with Crippen LogP contribution < -0.4 is 0 Å². The topological polar surface area (TPSA) is 57.5 Å². The number of carboxylic acids is 1. The van der Waals surface area contributed by atoms with Crippen LogP contribution in [0.25, 0.3) is 0 Å². The van der Waals surface area contributed by atoms with Crippen LogP contribution in [0.2, 0.25) is 0 Å². The van der Waals surface area contributed by atoms with E-state index in [0.717, 1.165) is 6.42 Å². The standard InChI is InChI=1S/C11H20O3/c1-11(2,3)7-4-5-9(12)8(6-7)10(13)14/h7-9,12H,4-6H2,1-3H3,(H,13,14)/t7-,8-,9+/m0/s1. The Labute approximate surface area is 85.1 Å². The van der Waals surface area contributed by atoms with Crippen LogP contribution >= 0.6 is 0 Å². The minimum absolute atomic E-state index is 0.147. The van der Waals surface area contributed by atoms with E-state index in [1.165, 1.54) is 0 Å². The number of rotatable bonds is 1. The maximum absolute atomic E-state index is 10.9. The van der Waals surface area contributed by atoms with Crippen LogP contribution in [0.15, 0.2) is 0 Å². The molecule has 0 amide bonds. The molecule has 1 rings (SSSR count). The van der Waals surface area contributed by atoms with Gasteiger partial charge < -0.3 is 10.2 Å². The molecule has 0 radical (unpaired) electrons. The van der Waals surface area contributed by atoms with Gasteiger partial charge in [-0.3, -0.25) is 4.79 Å². The van der Waals surface area contributed by atoms with Gasteiger partial charge in [0.05, 0.1) is 12.0 Å². The van der Waals surface area contributed by atoms with Crippen LogP contribution in [0.5, 0.6) is 0 Å². The highest BCUT2D eigenvalue weighted by Crippen LogP contribution is 2.40. The van der Waals surface area contributed by atoms with Gasteiger partial charge in [-0.25, -0.2) is 0 Å². The van der Waals surface area contributed by atoms with E-state index in [-0.39, 0.29) is 5.41 Å². The zero-order chi connectivity index (χ0) is 10.9. The molecule has 1 aliphatic carbocycles. The molecule has 14 heavy (non-hydrogen) atoms. The summed E-state index contributed by atoms with van der Waals surface area (Å²) >= 11 is 0. The van der Waals surface area contributed by atoms with E-state index < -0.39 is 18.0 Å². The van der Waals surface area contributed by atoms with Gasteiger partial charge in [-0.2, -0.15) is 0 Å². The van der Waals surface area contributed by atoms with Crippen molar-refractivity contribution in [3.05, 3.63) is 0 Å². The second kappa shape index (κ2) is 3.89. The van der Waals surface area contributed by atoms with Crippen LogP contribution in [-0.4, -0.2) is 22.3 Å². The molecule has 0 aromatic rings. The molecular weight excluding hydrogens is 180 g/mol. The Hall–Kier alpha value is -0.570. The van der Waals surface area contributed by atoms with Crippen LogP contribution in [0.4, 0.5) is 0 Å². The van der Waals surface area contributed by atoms with Crippen LogP contribution in [0, 0.1) is 17.3 Å². The third-order valence-electron chi connectivity index (χ3n) is 3.36. The van der Waals surface area contributed by atoms with E-state index in [1.54, 1.807) is 0 Å². The summed E-state index contributed by atoms with van der Waals surface area (Å²) in [5.74, 6) is -1.01. The molecule has 0 aromatic carbocycles. The number of aliphatic hydroxyl groups excluding tert-OH is 1. The average molecular weight is 200 g/mol. The molecule has 0 spiro atoms. The SMILES string of the molecule is CC(C)(C)[C@H]1CC[C@@H](O)[C@@H](C(=O)O)C1. The van der Waals surface area contributed by atoms with Crippen molar-refractivity contribution in [1.82, 2.24) is 0 Å². The fourth-order valence-corrected chi connectivity index (χ4v) is 2.21. The van der Waals surface area contributed by atoms with Crippen molar-refractivity contribution in [3.63, 3.8) is 0 Å². The number of carboxylic acid groups (broad SMARTS) is 1. The Bertz CT molecular complexity index is 217. The first-order valence-electron chi connectivity index (χ1n) is 5.23. The summed E-state index contributed by atoms with van der Waals surface area (Å²) in [5.41, 5.74) is 0.147. The Morgan fingerprint density at radius 3 is 2.29 bits per heavy atom. The maximum atomic E-state index is 10.9. The van der Waals surface area contributed by atoms with E-state index >= 15 is 0 Å². The Kier molecular flexibility index (Phi) is 3.20. The Morgan fingerprint density at radius 1 is 1.29 bits per heavy atom. The zero-order valence-corrected chi connectivity index (χ0v) is 9.16. The lowest BCUT2D eigenvalue weighted by molar-refractivity contribution is -0.149. The summed E-state index contributed by atoms with van der Waals surface area (Å²) in [6, 6.07) is 0. The molecule has 3 nitrogen and oxygen atoms in total. The number of hydrogen-bond acceptors (Lipinski definition) is 2. The molecule has 1 aliphatic rings. The van der Waals surface area contributed by atoms with Gasteiger partial charge >= 0.3 is 5.97 Å². The lowest BCUT2D eigenvalue weighted by Gasteiger charge is -2.38. The molecule has 82 valence electrons. The third-order valence-corrected chi connectivity index (χ3v) is 3.36. The van der Waals surface area contributed by atoms with Crippen LogP contribution in [-0.2, 0) is 4.79 Å². The fourth-order valence-electron chi connectivity index (χ4n) is 2.21. The summed E-state index contributed by atoms with van der Waals surface area (Å²) in [4.78, 5) is 10.9. The monoisotopic (exact) mass is 200 g/mol. The lowest BCUT2D eigenvalue weighted by Crippen LogP contribution is -2.38. The normalized spacial score (nSPS) is 34.1. The highest BCUT2D eigenvalue weighted by atomic mass is 16.4. The van der Waals surface area contributed by atoms with Crippen molar-refractivity contribution in [2.75, 3.05) is 0 Å². The minimum atomic E-state index is -0.855. The maximum Gasteiger partial charge on any atom is 0.309 e. The van der Waals surface area contributed by atoms with Gasteiger partial charge in [-0.05, 0) is 30.6 Å². The molecule has 1 saturated carbocycles. The van der Waals surface area contributed by atoms with Crippen molar-refractivity contribution < 1.29 is 15.0 Å². The summed E-state index contributed by atoms with van der Waals surface area (Å²) in [6.45, 7) is 6.40. The third kappa shape index (κ3) is 2.47. The predicted molar refractivity (Wildman–Crippen MR) is 53.9 cm³/mol. The molecule has 0 bridgehead atoms. The smallest absolute Gasteiger partial charge is 0.309 e. The second-order valence-electron chi connectivity index (χ2n) is 5.39. The van der Waals surface area contributed by atoms with Crippen molar-refractivity contribution in [3.8, 4) is 0 Å². The predicted octanol–water partition coefficient (Wildman–Crippen LogP) is 1.89. The van der Waals surface area contributed by atoms with Gasteiger partial charge in [0.2, 0.25) is 0 Å². The van der Waals surface area contributed by atoms with E-state index in [9.17, 15) is 9.90 Å². The molecule has 2 N–H and O–H groups in total. The summed E-state index contributed by atoms with van der Waals surface area (Å²) in [7, 11) is 0. The van der Waals surface area contributed by atoms with Gasteiger partial charge in [0, 0.05) is 0 Å². The van der Waals surface area contributed by atoms with Gasteiger partial charge in [0.1, 0.15) is 0 Å². The largest absolute Gasteiger partial charge is 0.481 e. The first kappa shape index (κ1) is 11.5. The quantitative estimate of drug-likeness (QED) is 0.679. The van der Waals surface area contributed by atoms with Crippen molar-refractivity contribution in [2.45, 2.75) is 46.1 Å². The first-order valence-corrected chi connectivity index (χ1v) is 5.23. The number of aliphatic carboxylic acids is 1. The van der Waals surface area contributed by atoms with Crippen LogP contribution in [0.1, 0.15) is 40.0 Å². The van der Waals surface area contributed by atoms with Crippen molar-refractivity contribution in [2.24, 2.45) is 17.3 Å². The molecule has 3 heteroatoms. The highest BCUT2D eigenvalue weighted by Gasteiger charge is 2.38. The van der Waals surface area contributed by atoms with Gasteiger partial charge in [-0.15, -0.1) is 0 Å². The van der Waals surface area contributed by atoms with Gasteiger partial charge in [0.25, 0.3) is 0 Å². The molecule has 0 aromatic heterocycles. The fraction of sp³-hybridized carbons (Fsp3) is 0.909. The molecule has 0 heterocycles. The number of hydrogen-bond donors (Lipinski definition) is 2. The summed E-state index contributed by atoms with van der Waals surface area (Å²) in [6.07, 6.45) is 1.53. The lowest BCUT2D eigenvalue weighted by atomic mass is 9.68. The molecule has 3 atom stereocenters. The zero-order valence-electron chi connectivity index (χ0n) is 9.16. The van der Waals surface area contributed by atoms with Crippen molar-refractivity contribution >= 4 is 5.97 Å². The van der Waals surface area contributed by atoms with Crippen LogP contribution in [0.3, 0.4) is 0 Å². The number of carbonyl (C=O) groups is 1. The summed E-state index contributed by atoms with van der Waals surface area (Å²) < 4.78 is 0. The average Bonchev–Trinajstić information content (AvgIpc) is 2.02. The summed E-state index contributed by atoms with van der Waals surface area (Å²) in [5, 5.41) is 18.5. The first-order chi connectivity index (χ1) is 6.32. The molecule has 1 fully saturated rings. The van der Waals surface area contributed by atoms with Gasteiger partial charge in [-0.1, -0.05) is 20.8 Å². The molecule has 0 unspecified atom stereocenters. The second-order valence-corrected chi connectivity index (χ2v) is 5.39. The highest BCUT2D eigenvalue weighted by molar-refractivity contribution is 5.70. The minimum Gasteiger partial charge on any atom is -0.481 e. The van der Waals surface area contributed by atoms with Crippen molar-refractivity contribution in [1.29, 1.82) is 0 Å². The molecule has 0 aliphatic heterocycles. The van der Waals surface area contributed by atoms with E-state index in [2.05, 4.69) is 20.8 Å².